The van der Waals surface area contributed by atoms with Crippen molar-refractivity contribution in [2.75, 3.05) is 11.1 Å². The fourth-order valence-electron chi connectivity index (χ4n) is 3.21. The van der Waals surface area contributed by atoms with Gasteiger partial charge in [-0.1, -0.05) is 42.1 Å². The van der Waals surface area contributed by atoms with E-state index in [1.165, 1.54) is 11.8 Å². The quantitative estimate of drug-likeness (QED) is 0.452. The van der Waals surface area contributed by atoms with Crippen LogP contribution in [0.15, 0.2) is 59.8 Å². The monoisotopic (exact) mass is 403 g/mol. The minimum atomic E-state index is -0.790. The summed E-state index contributed by atoms with van der Waals surface area (Å²) < 4.78 is 0. The molecule has 6 nitrogen and oxygen atoms in total. The first-order chi connectivity index (χ1) is 14.1. The number of hydrogen-bond acceptors (Lipinski definition) is 6. The highest BCUT2D eigenvalue weighted by molar-refractivity contribution is 7.99. The van der Waals surface area contributed by atoms with E-state index in [0.717, 1.165) is 29.4 Å². The summed E-state index contributed by atoms with van der Waals surface area (Å²) >= 11 is 1.27. The number of hydrogen-bond donors (Lipinski definition) is 2. The first-order valence-electron chi connectivity index (χ1n) is 9.51. The zero-order valence-electron chi connectivity index (χ0n) is 16.1. The SMILES string of the molecule is C[C@@](C#N)(NC(=O)CSc1nc(Nc2ccccc2)c2ccccc2n1)C1CC1. The Morgan fingerprint density at radius 1 is 1.17 bits per heavy atom. The number of thioether (sulfide) groups is 1. The maximum atomic E-state index is 12.4. The molecule has 1 atom stereocenters. The van der Waals surface area contributed by atoms with Crippen LogP contribution in [0.2, 0.25) is 0 Å². The van der Waals surface area contributed by atoms with E-state index in [9.17, 15) is 10.1 Å². The standard InChI is InChI=1S/C22H21N5OS/c1-22(14-23,15-11-12-15)27-19(28)13-29-21-25-18-10-6-5-9-17(18)20(26-21)24-16-7-3-2-4-8-16/h2-10,15H,11-13H2,1H3,(H,27,28)(H,24,25,26)/t22-/m0/s1. The van der Waals surface area contributed by atoms with Crippen LogP contribution in [0.4, 0.5) is 11.5 Å². The highest BCUT2D eigenvalue weighted by Gasteiger charge is 2.42. The number of aromatic nitrogens is 2. The molecule has 1 aliphatic carbocycles. The zero-order valence-corrected chi connectivity index (χ0v) is 16.9. The van der Waals surface area contributed by atoms with Crippen LogP contribution in [0.5, 0.6) is 0 Å². The molecule has 3 aromatic rings. The molecule has 1 saturated carbocycles. The first-order valence-corrected chi connectivity index (χ1v) is 10.5. The van der Waals surface area contributed by atoms with Crippen molar-refractivity contribution < 1.29 is 4.79 Å². The number of anilines is 2. The average Bonchev–Trinajstić information content (AvgIpc) is 3.59. The van der Waals surface area contributed by atoms with Crippen molar-refractivity contribution >= 4 is 40.1 Å². The number of benzene rings is 2. The topological polar surface area (TPSA) is 90.7 Å². The Balaban J connectivity index is 1.51. The lowest BCUT2D eigenvalue weighted by molar-refractivity contribution is -0.119. The molecule has 0 spiro atoms. The van der Waals surface area contributed by atoms with Gasteiger partial charge in [-0.05, 0) is 49.9 Å². The molecular formula is C22H21N5OS. The number of para-hydroxylation sites is 2. The van der Waals surface area contributed by atoms with E-state index in [2.05, 4.69) is 26.7 Å². The summed E-state index contributed by atoms with van der Waals surface area (Å²) in [6.45, 7) is 1.79. The minimum Gasteiger partial charge on any atom is -0.340 e. The second-order valence-corrected chi connectivity index (χ2v) is 8.23. The van der Waals surface area contributed by atoms with Crippen molar-refractivity contribution in [1.82, 2.24) is 15.3 Å². The molecular weight excluding hydrogens is 382 g/mol. The molecule has 0 radical (unpaired) electrons. The highest BCUT2D eigenvalue weighted by atomic mass is 32.2. The average molecular weight is 404 g/mol. The van der Waals surface area contributed by atoms with Crippen LogP contribution in [0.25, 0.3) is 10.9 Å². The van der Waals surface area contributed by atoms with Crippen LogP contribution in [-0.2, 0) is 4.79 Å². The summed E-state index contributed by atoms with van der Waals surface area (Å²) in [6.07, 6.45) is 1.97. The summed E-state index contributed by atoms with van der Waals surface area (Å²) in [5, 5.41) is 17.1. The van der Waals surface area contributed by atoms with E-state index < -0.39 is 5.54 Å². The molecule has 1 aliphatic rings. The smallest absolute Gasteiger partial charge is 0.231 e. The number of carbonyl (C=O) groups is 1. The lowest BCUT2D eigenvalue weighted by Crippen LogP contribution is -2.47. The van der Waals surface area contributed by atoms with Gasteiger partial charge in [0.25, 0.3) is 0 Å². The number of fused-ring (bicyclic) bond motifs is 1. The lowest BCUT2D eigenvalue weighted by atomic mass is 9.98. The Morgan fingerprint density at radius 2 is 1.90 bits per heavy atom. The molecule has 0 unspecified atom stereocenters. The Hall–Kier alpha value is -3.11. The molecule has 2 aromatic carbocycles. The van der Waals surface area contributed by atoms with Gasteiger partial charge in [0.1, 0.15) is 11.4 Å². The Labute approximate surface area is 173 Å². The molecule has 4 rings (SSSR count). The first kappa shape index (κ1) is 19.2. The van der Waals surface area contributed by atoms with E-state index in [1.54, 1.807) is 6.92 Å². The fourth-order valence-corrected chi connectivity index (χ4v) is 3.86. The molecule has 0 aliphatic heterocycles. The predicted molar refractivity (Wildman–Crippen MR) is 115 cm³/mol. The number of nitriles is 1. The molecule has 7 heteroatoms. The molecule has 29 heavy (non-hydrogen) atoms. The van der Waals surface area contributed by atoms with Crippen LogP contribution >= 0.6 is 11.8 Å². The van der Waals surface area contributed by atoms with Gasteiger partial charge in [0, 0.05) is 11.1 Å². The van der Waals surface area contributed by atoms with Gasteiger partial charge in [0.2, 0.25) is 5.91 Å². The summed E-state index contributed by atoms with van der Waals surface area (Å²) in [6, 6.07) is 19.8. The van der Waals surface area contributed by atoms with E-state index in [1.807, 2.05) is 54.6 Å². The van der Waals surface area contributed by atoms with Crippen molar-refractivity contribution in [2.24, 2.45) is 5.92 Å². The number of carbonyl (C=O) groups excluding carboxylic acids is 1. The highest BCUT2D eigenvalue weighted by Crippen LogP contribution is 2.39. The second kappa shape index (κ2) is 8.10. The Bertz CT molecular complexity index is 1080. The van der Waals surface area contributed by atoms with Crippen molar-refractivity contribution in [3.05, 3.63) is 54.6 Å². The molecule has 1 fully saturated rings. The molecule has 0 bridgehead atoms. The van der Waals surface area contributed by atoms with Crippen LogP contribution in [0.1, 0.15) is 19.8 Å². The van der Waals surface area contributed by atoms with Gasteiger partial charge in [-0.25, -0.2) is 9.97 Å². The number of amides is 1. The normalized spacial score (nSPS) is 15.3. The molecule has 1 heterocycles. The van der Waals surface area contributed by atoms with Gasteiger partial charge in [-0.2, -0.15) is 5.26 Å². The number of nitrogens with zero attached hydrogens (tertiary/aromatic N) is 3. The summed E-state index contributed by atoms with van der Waals surface area (Å²) in [5.41, 5.74) is 0.949. The van der Waals surface area contributed by atoms with Crippen molar-refractivity contribution in [1.29, 1.82) is 5.26 Å². The third-order valence-electron chi connectivity index (χ3n) is 4.98. The molecule has 1 amide bonds. The number of rotatable bonds is 7. The van der Waals surface area contributed by atoms with E-state index in [0.29, 0.717) is 11.0 Å². The van der Waals surface area contributed by atoms with Gasteiger partial charge in [-0.15, -0.1) is 0 Å². The van der Waals surface area contributed by atoms with Gasteiger partial charge in [0.05, 0.1) is 17.3 Å². The van der Waals surface area contributed by atoms with Gasteiger partial charge in [-0.3, -0.25) is 4.79 Å². The maximum Gasteiger partial charge on any atom is 0.231 e. The van der Waals surface area contributed by atoms with Gasteiger partial charge < -0.3 is 10.6 Å². The third-order valence-corrected chi connectivity index (χ3v) is 5.82. The second-order valence-electron chi connectivity index (χ2n) is 7.29. The van der Waals surface area contributed by atoms with E-state index >= 15 is 0 Å². The third kappa shape index (κ3) is 4.49. The van der Waals surface area contributed by atoms with Crippen molar-refractivity contribution in [3.8, 4) is 6.07 Å². The molecule has 0 saturated heterocycles. The van der Waals surface area contributed by atoms with E-state index in [-0.39, 0.29) is 17.6 Å². The molecule has 2 N–H and O–H groups in total. The predicted octanol–water partition coefficient (Wildman–Crippen LogP) is 4.27. The van der Waals surface area contributed by atoms with Crippen LogP contribution in [0, 0.1) is 17.2 Å². The van der Waals surface area contributed by atoms with Crippen molar-refractivity contribution in [2.45, 2.75) is 30.5 Å². The van der Waals surface area contributed by atoms with Crippen LogP contribution in [0.3, 0.4) is 0 Å². The van der Waals surface area contributed by atoms with Crippen LogP contribution in [-0.4, -0.2) is 27.2 Å². The molecule has 1 aromatic heterocycles. The van der Waals surface area contributed by atoms with Gasteiger partial charge >= 0.3 is 0 Å². The fraction of sp³-hybridized carbons (Fsp3) is 0.273. The lowest BCUT2D eigenvalue weighted by Gasteiger charge is -2.22. The molecule has 146 valence electrons. The maximum absolute atomic E-state index is 12.4. The Morgan fingerprint density at radius 3 is 2.62 bits per heavy atom. The zero-order chi connectivity index (χ0) is 20.3. The summed E-state index contributed by atoms with van der Waals surface area (Å²) in [4.78, 5) is 21.6. The Kier molecular flexibility index (Phi) is 5.36. The van der Waals surface area contributed by atoms with Crippen molar-refractivity contribution in [3.63, 3.8) is 0 Å². The summed E-state index contributed by atoms with van der Waals surface area (Å²) in [5.74, 6) is 0.928. The largest absolute Gasteiger partial charge is 0.340 e. The van der Waals surface area contributed by atoms with E-state index in [4.69, 9.17) is 0 Å². The van der Waals surface area contributed by atoms with Gasteiger partial charge in [0.15, 0.2) is 5.16 Å². The van der Waals surface area contributed by atoms with Crippen LogP contribution < -0.4 is 10.6 Å². The minimum absolute atomic E-state index is 0.160. The summed E-state index contributed by atoms with van der Waals surface area (Å²) in [7, 11) is 0. The number of nitrogens with one attached hydrogen (secondary N) is 2.